The number of hydrogen-bond acceptors (Lipinski definition) is 6. The Balaban J connectivity index is 1.23. The summed E-state index contributed by atoms with van der Waals surface area (Å²) in [5.74, 6) is 0.147. The molecule has 1 aliphatic rings. The van der Waals surface area contributed by atoms with Crippen molar-refractivity contribution in [1.82, 2.24) is 19.9 Å². The van der Waals surface area contributed by atoms with Crippen molar-refractivity contribution in [1.29, 1.82) is 5.26 Å². The average molecular weight is 489 g/mol. The second-order valence-electron chi connectivity index (χ2n) is 8.28. The lowest BCUT2D eigenvalue weighted by molar-refractivity contribution is 0.208. The first-order valence-corrected chi connectivity index (χ1v) is 11.2. The largest absolute Gasteiger partial charge is 0.454 e. The monoisotopic (exact) mass is 489 g/mol. The van der Waals surface area contributed by atoms with E-state index in [4.69, 9.17) is 4.74 Å². The van der Waals surface area contributed by atoms with Gasteiger partial charge in [-0.2, -0.15) is 5.26 Å². The van der Waals surface area contributed by atoms with Crippen LogP contribution in [0.5, 0.6) is 11.5 Å². The highest BCUT2D eigenvalue weighted by atomic mass is 19.1. The summed E-state index contributed by atoms with van der Waals surface area (Å²) in [7, 11) is 0. The van der Waals surface area contributed by atoms with Crippen LogP contribution in [0.25, 0.3) is 10.9 Å². The van der Waals surface area contributed by atoms with E-state index < -0.39 is 11.6 Å². The first kappa shape index (κ1) is 23.0. The minimum atomic E-state index is -0.726. The van der Waals surface area contributed by atoms with E-state index in [2.05, 4.69) is 26.3 Å². The predicted octanol–water partition coefficient (Wildman–Crippen LogP) is 4.56. The smallest absolute Gasteiger partial charge is 0.322 e. The Morgan fingerprint density at radius 2 is 1.86 bits per heavy atom. The highest BCUT2D eigenvalue weighted by Gasteiger charge is 2.24. The number of aromatic nitrogens is 3. The van der Waals surface area contributed by atoms with Crippen LogP contribution in [-0.4, -0.2) is 52.1 Å². The molecule has 4 aromatic rings. The number of fused-ring (bicyclic) bond motifs is 1. The van der Waals surface area contributed by atoms with E-state index in [1.165, 1.54) is 12.3 Å². The maximum Gasteiger partial charge on any atom is 0.322 e. The van der Waals surface area contributed by atoms with Gasteiger partial charge in [0.15, 0.2) is 5.75 Å². The first-order valence-electron chi connectivity index (χ1n) is 11.2. The molecule has 2 N–H and O–H groups in total. The number of anilines is 2. The van der Waals surface area contributed by atoms with Gasteiger partial charge in [-0.25, -0.2) is 23.5 Å². The van der Waals surface area contributed by atoms with Gasteiger partial charge in [-0.15, -0.1) is 0 Å². The first-order chi connectivity index (χ1) is 17.4. The molecule has 182 valence electrons. The molecule has 2 aromatic heterocycles. The maximum atomic E-state index is 13.9. The van der Waals surface area contributed by atoms with E-state index in [9.17, 15) is 18.8 Å². The number of amides is 2. The number of carbonyl (C=O) groups excluding carboxylic acids is 1. The topological polar surface area (TPSA) is 110 Å². The molecule has 0 saturated carbocycles. The summed E-state index contributed by atoms with van der Waals surface area (Å²) in [6, 6.07) is 9.03. The number of ether oxygens (including phenoxy) is 1. The summed E-state index contributed by atoms with van der Waals surface area (Å²) < 4.78 is 33.3. The van der Waals surface area contributed by atoms with Gasteiger partial charge in [-0.3, -0.25) is 0 Å². The van der Waals surface area contributed by atoms with Crippen molar-refractivity contribution in [2.24, 2.45) is 0 Å². The Kier molecular flexibility index (Phi) is 6.08. The number of rotatable bonds is 4. The number of nitriles is 1. The van der Waals surface area contributed by atoms with Crippen molar-refractivity contribution in [2.45, 2.75) is 6.92 Å². The van der Waals surface area contributed by atoms with Crippen molar-refractivity contribution in [3.63, 3.8) is 0 Å². The number of nitrogens with zero attached hydrogens (tertiary/aromatic N) is 5. The Morgan fingerprint density at radius 3 is 2.58 bits per heavy atom. The minimum absolute atomic E-state index is 0.128. The Labute approximate surface area is 204 Å². The molecule has 11 heteroatoms. The lowest BCUT2D eigenvalue weighted by atomic mass is 10.1. The van der Waals surface area contributed by atoms with Crippen LogP contribution in [0.1, 0.15) is 11.4 Å². The van der Waals surface area contributed by atoms with E-state index >= 15 is 0 Å². The standard InChI is InChI=1S/C25H21F2N7O2/c1-15-29-12-19(13-30-15)36-18-2-3-23(16(8-18)11-28)33-4-6-34(7-5-33)25(35)32-22-14-31-24-20(22)9-17(26)10-21(24)27/h2-3,8-10,12-14,31H,4-7H2,1H3,(H,32,35). The Morgan fingerprint density at radius 1 is 1.11 bits per heavy atom. The number of nitrogens with one attached hydrogen (secondary N) is 2. The summed E-state index contributed by atoms with van der Waals surface area (Å²) in [6.07, 6.45) is 4.57. The zero-order valence-corrected chi connectivity index (χ0v) is 19.3. The van der Waals surface area contributed by atoms with Crippen LogP contribution >= 0.6 is 0 Å². The normalized spacial score (nSPS) is 13.5. The summed E-state index contributed by atoms with van der Waals surface area (Å²) in [5, 5.41) is 12.7. The molecular weight excluding hydrogens is 468 g/mol. The second kappa shape index (κ2) is 9.50. The van der Waals surface area contributed by atoms with Crippen LogP contribution < -0.4 is 15.0 Å². The molecule has 0 aliphatic carbocycles. The molecule has 1 aliphatic heterocycles. The van der Waals surface area contributed by atoms with Crippen molar-refractivity contribution >= 4 is 28.3 Å². The van der Waals surface area contributed by atoms with Gasteiger partial charge in [0.1, 0.15) is 29.3 Å². The van der Waals surface area contributed by atoms with Gasteiger partial charge in [-0.05, 0) is 25.1 Å². The number of urea groups is 1. The number of hydrogen-bond donors (Lipinski definition) is 2. The van der Waals surface area contributed by atoms with Gasteiger partial charge in [0, 0.05) is 49.9 Å². The highest BCUT2D eigenvalue weighted by Crippen LogP contribution is 2.29. The molecule has 0 atom stereocenters. The molecule has 36 heavy (non-hydrogen) atoms. The number of piperazine rings is 1. The molecule has 1 fully saturated rings. The third-order valence-electron chi connectivity index (χ3n) is 5.94. The second-order valence-corrected chi connectivity index (χ2v) is 8.28. The third kappa shape index (κ3) is 4.61. The highest BCUT2D eigenvalue weighted by molar-refractivity contribution is 6.01. The number of benzene rings is 2. The quantitative estimate of drug-likeness (QED) is 0.435. The van der Waals surface area contributed by atoms with Crippen molar-refractivity contribution in [3.8, 4) is 17.6 Å². The van der Waals surface area contributed by atoms with Gasteiger partial charge in [-0.1, -0.05) is 0 Å². The zero-order valence-electron chi connectivity index (χ0n) is 19.3. The average Bonchev–Trinajstić information content (AvgIpc) is 3.28. The van der Waals surface area contributed by atoms with Crippen molar-refractivity contribution in [2.75, 3.05) is 36.4 Å². The molecule has 0 spiro atoms. The molecule has 2 amide bonds. The van der Waals surface area contributed by atoms with Crippen LogP contribution in [0.15, 0.2) is 48.9 Å². The van der Waals surface area contributed by atoms with Crippen molar-refractivity contribution in [3.05, 3.63) is 71.9 Å². The molecule has 0 bridgehead atoms. The number of H-pyrrole nitrogens is 1. The van der Waals surface area contributed by atoms with Crippen LogP contribution in [0.3, 0.4) is 0 Å². The van der Waals surface area contributed by atoms with Gasteiger partial charge in [0.05, 0.1) is 34.8 Å². The molecule has 1 saturated heterocycles. The Bertz CT molecular complexity index is 1470. The summed E-state index contributed by atoms with van der Waals surface area (Å²) in [6.45, 7) is 3.60. The third-order valence-corrected chi connectivity index (χ3v) is 5.94. The molecule has 2 aromatic carbocycles. The maximum absolute atomic E-state index is 13.9. The van der Waals surface area contributed by atoms with E-state index in [-0.39, 0.29) is 16.9 Å². The van der Waals surface area contributed by atoms with Gasteiger partial charge < -0.3 is 24.8 Å². The Hall–Kier alpha value is -4.72. The van der Waals surface area contributed by atoms with Gasteiger partial charge in [0.25, 0.3) is 0 Å². The van der Waals surface area contributed by atoms with Gasteiger partial charge >= 0.3 is 6.03 Å². The number of aryl methyl sites for hydroxylation is 1. The lowest BCUT2D eigenvalue weighted by Gasteiger charge is -2.36. The van der Waals surface area contributed by atoms with E-state index in [1.807, 2.05) is 11.0 Å². The fourth-order valence-corrected chi connectivity index (χ4v) is 4.12. The summed E-state index contributed by atoms with van der Waals surface area (Å²) in [5.41, 5.74) is 1.62. The van der Waals surface area contributed by atoms with Crippen LogP contribution in [0.2, 0.25) is 0 Å². The molecule has 3 heterocycles. The van der Waals surface area contributed by atoms with E-state index in [0.29, 0.717) is 54.8 Å². The molecule has 0 radical (unpaired) electrons. The van der Waals surface area contributed by atoms with Crippen LogP contribution in [-0.2, 0) is 0 Å². The fourth-order valence-electron chi connectivity index (χ4n) is 4.12. The minimum Gasteiger partial charge on any atom is -0.454 e. The summed E-state index contributed by atoms with van der Waals surface area (Å²) >= 11 is 0. The van der Waals surface area contributed by atoms with Crippen molar-refractivity contribution < 1.29 is 18.3 Å². The van der Waals surface area contributed by atoms with Crippen LogP contribution in [0, 0.1) is 29.9 Å². The van der Waals surface area contributed by atoms with Crippen LogP contribution in [0.4, 0.5) is 25.0 Å². The number of halogens is 2. The molecule has 5 rings (SSSR count). The molecule has 0 unspecified atom stereocenters. The zero-order chi connectivity index (χ0) is 25.2. The molecular formula is C25H21F2N7O2. The van der Waals surface area contributed by atoms with E-state index in [1.54, 1.807) is 36.4 Å². The SMILES string of the molecule is Cc1ncc(Oc2ccc(N3CCN(C(=O)Nc4c[nH]c5c(F)cc(F)cc45)CC3)c(C#N)c2)cn1. The predicted molar refractivity (Wildman–Crippen MR) is 129 cm³/mol. The van der Waals surface area contributed by atoms with Gasteiger partial charge in [0.2, 0.25) is 0 Å². The fraction of sp³-hybridized carbons (Fsp3) is 0.200. The summed E-state index contributed by atoms with van der Waals surface area (Å²) in [4.78, 5) is 27.4. The number of carbonyl (C=O) groups is 1. The lowest BCUT2D eigenvalue weighted by Crippen LogP contribution is -2.50. The molecule has 9 nitrogen and oxygen atoms in total. The van der Waals surface area contributed by atoms with E-state index in [0.717, 1.165) is 11.8 Å². The number of aromatic amines is 1.